The average molecular weight is 410 g/mol. The van der Waals surface area contributed by atoms with Crippen LogP contribution >= 0.6 is 11.8 Å². The number of hydrogen-bond acceptors (Lipinski definition) is 8. The van der Waals surface area contributed by atoms with Crippen molar-refractivity contribution >= 4 is 40.9 Å². The lowest BCUT2D eigenvalue weighted by Crippen LogP contribution is -2.45. The van der Waals surface area contributed by atoms with Crippen LogP contribution in [-0.4, -0.2) is 64.9 Å². The number of aromatic hydroxyl groups is 1. The Labute approximate surface area is 164 Å². The van der Waals surface area contributed by atoms with Gasteiger partial charge < -0.3 is 25.0 Å². The number of thioether (sulfide) groups is 1. The molecule has 1 fully saturated rings. The third-order valence-corrected chi connectivity index (χ3v) is 4.63. The summed E-state index contributed by atoms with van der Waals surface area (Å²) in [6.07, 6.45) is 1.40. The molecular weight excluding hydrogens is 392 g/mol. The van der Waals surface area contributed by atoms with E-state index in [1.54, 1.807) is 0 Å². The first-order valence-corrected chi connectivity index (χ1v) is 8.72. The molecule has 0 aromatic heterocycles. The fourth-order valence-corrected chi connectivity index (χ4v) is 3.12. The van der Waals surface area contributed by atoms with Crippen molar-refractivity contribution in [2.24, 2.45) is 0 Å². The van der Waals surface area contributed by atoms with Crippen LogP contribution in [0.1, 0.15) is 12.5 Å². The molecule has 10 nitrogen and oxygen atoms in total. The van der Waals surface area contributed by atoms with Crippen molar-refractivity contribution in [3.8, 4) is 17.2 Å². The molecule has 1 aromatic rings. The highest BCUT2D eigenvalue weighted by Gasteiger charge is 2.36. The normalized spacial score (nSPS) is 16.2. The quantitative estimate of drug-likeness (QED) is 0.562. The lowest BCUT2D eigenvalue weighted by atomic mass is 10.1. The molecule has 1 heterocycles. The first-order chi connectivity index (χ1) is 13.2. The predicted octanol–water partition coefficient (Wildman–Crippen LogP) is 1.03. The Balaban J connectivity index is 2.21. The number of phenolic OH excluding ortho intramolecular Hbond substituents is 1. The molecular formula is C17H18N2O8S. The van der Waals surface area contributed by atoms with Gasteiger partial charge in [0.25, 0.3) is 11.1 Å². The van der Waals surface area contributed by atoms with Crippen molar-refractivity contribution in [1.29, 1.82) is 0 Å². The van der Waals surface area contributed by atoms with Crippen LogP contribution in [-0.2, 0) is 14.4 Å². The molecule has 0 saturated carbocycles. The number of nitrogens with zero attached hydrogens (tertiary/aromatic N) is 1. The summed E-state index contributed by atoms with van der Waals surface area (Å²) in [7, 11) is 2.70. The summed E-state index contributed by atoms with van der Waals surface area (Å²) < 4.78 is 10.1. The van der Waals surface area contributed by atoms with E-state index in [9.17, 15) is 24.3 Å². The van der Waals surface area contributed by atoms with E-state index in [4.69, 9.17) is 14.6 Å². The molecule has 150 valence electrons. The zero-order valence-electron chi connectivity index (χ0n) is 15.2. The number of carbonyl (C=O) groups is 4. The minimum absolute atomic E-state index is 0.0545. The van der Waals surface area contributed by atoms with Crippen LogP contribution in [0.25, 0.3) is 6.08 Å². The molecule has 0 radical (unpaired) electrons. The van der Waals surface area contributed by atoms with Crippen molar-refractivity contribution in [3.63, 3.8) is 0 Å². The third kappa shape index (κ3) is 4.55. The number of carbonyl (C=O) groups excluding carboxylic acids is 3. The zero-order valence-corrected chi connectivity index (χ0v) is 16.0. The third-order valence-electron chi connectivity index (χ3n) is 3.72. The number of ether oxygens (including phenoxy) is 2. The van der Waals surface area contributed by atoms with Crippen molar-refractivity contribution < 1.29 is 38.9 Å². The van der Waals surface area contributed by atoms with Gasteiger partial charge in [-0.1, -0.05) is 0 Å². The number of phenols is 1. The molecule has 1 aliphatic rings. The van der Waals surface area contributed by atoms with Gasteiger partial charge in [0, 0.05) is 0 Å². The maximum atomic E-state index is 12.5. The Morgan fingerprint density at radius 2 is 1.82 bits per heavy atom. The topological polar surface area (TPSA) is 142 Å². The number of hydrogen-bond donors (Lipinski definition) is 3. The van der Waals surface area contributed by atoms with Gasteiger partial charge in [0.15, 0.2) is 11.5 Å². The lowest BCUT2D eigenvalue weighted by Gasteiger charge is -2.14. The molecule has 1 aromatic carbocycles. The molecule has 0 aliphatic carbocycles. The average Bonchev–Trinajstić information content (AvgIpc) is 2.90. The molecule has 1 atom stereocenters. The molecule has 1 unspecified atom stereocenters. The predicted molar refractivity (Wildman–Crippen MR) is 99.1 cm³/mol. The van der Waals surface area contributed by atoms with Crippen molar-refractivity contribution in [1.82, 2.24) is 10.2 Å². The molecule has 2 rings (SSSR count). The highest BCUT2D eigenvalue weighted by atomic mass is 32.2. The summed E-state index contributed by atoms with van der Waals surface area (Å²) in [5.41, 5.74) is 0.431. The van der Waals surface area contributed by atoms with Gasteiger partial charge in [0.05, 0.1) is 19.1 Å². The van der Waals surface area contributed by atoms with Crippen molar-refractivity contribution in [2.45, 2.75) is 13.0 Å². The summed E-state index contributed by atoms with van der Waals surface area (Å²) in [5, 5.41) is 20.2. The van der Waals surface area contributed by atoms with E-state index >= 15 is 0 Å². The fourth-order valence-electron chi connectivity index (χ4n) is 2.28. The van der Waals surface area contributed by atoms with E-state index in [0.717, 1.165) is 4.90 Å². The molecule has 3 amide bonds. The van der Waals surface area contributed by atoms with E-state index in [-0.39, 0.29) is 22.2 Å². The van der Waals surface area contributed by atoms with Crippen LogP contribution < -0.4 is 14.8 Å². The zero-order chi connectivity index (χ0) is 21.0. The van der Waals surface area contributed by atoms with E-state index in [1.165, 1.54) is 39.4 Å². The summed E-state index contributed by atoms with van der Waals surface area (Å²) in [6.45, 7) is 0.668. The van der Waals surface area contributed by atoms with Gasteiger partial charge >= 0.3 is 5.97 Å². The van der Waals surface area contributed by atoms with Gasteiger partial charge in [0.1, 0.15) is 12.6 Å². The smallest absolute Gasteiger partial charge is 0.325 e. The number of rotatable bonds is 7. The standard InChI is InChI=1S/C17H18N2O8S/c1-8(16(23)24)18-13(20)7-19-15(22)12(28-17(19)25)6-9-4-10(26-2)14(21)11(5-9)27-3/h4-6,8,21H,7H2,1-3H3,(H,18,20)(H,23,24)/b12-6-. The van der Waals surface area contributed by atoms with E-state index < -0.39 is 35.6 Å². The maximum absolute atomic E-state index is 12.5. The minimum atomic E-state index is -1.24. The summed E-state index contributed by atoms with van der Waals surface area (Å²) in [5.74, 6) is -2.68. The van der Waals surface area contributed by atoms with Crippen molar-refractivity contribution in [3.05, 3.63) is 22.6 Å². The summed E-state index contributed by atoms with van der Waals surface area (Å²) in [4.78, 5) is 47.9. The molecule has 1 aliphatic heterocycles. The molecule has 1 saturated heterocycles. The number of carboxylic acid groups (broad SMARTS) is 1. The highest BCUT2D eigenvalue weighted by molar-refractivity contribution is 8.18. The Hall–Kier alpha value is -3.21. The molecule has 0 bridgehead atoms. The van der Waals surface area contributed by atoms with Crippen LogP contribution in [0.5, 0.6) is 17.2 Å². The maximum Gasteiger partial charge on any atom is 0.325 e. The Morgan fingerprint density at radius 1 is 1.25 bits per heavy atom. The minimum Gasteiger partial charge on any atom is -0.502 e. The number of aliphatic carboxylic acids is 1. The molecule has 11 heteroatoms. The lowest BCUT2D eigenvalue weighted by molar-refractivity contribution is -0.141. The van der Waals surface area contributed by atoms with Gasteiger partial charge in [-0.25, -0.2) is 0 Å². The van der Waals surface area contributed by atoms with Gasteiger partial charge in [0.2, 0.25) is 11.7 Å². The molecule has 3 N–H and O–H groups in total. The van der Waals surface area contributed by atoms with Crippen molar-refractivity contribution in [2.75, 3.05) is 20.8 Å². The van der Waals surface area contributed by atoms with Crippen LogP contribution in [0.15, 0.2) is 17.0 Å². The van der Waals surface area contributed by atoms with Gasteiger partial charge in [-0.05, 0) is 42.5 Å². The van der Waals surface area contributed by atoms with Gasteiger partial charge in [-0.3, -0.25) is 24.1 Å². The first kappa shape index (κ1) is 21.1. The molecule has 28 heavy (non-hydrogen) atoms. The summed E-state index contributed by atoms with van der Waals surface area (Å²) >= 11 is 0.633. The number of benzene rings is 1. The monoisotopic (exact) mass is 410 g/mol. The number of imide groups is 1. The van der Waals surface area contributed by atoms with E-state index in [2.05, 4.69) is 5.32 Å². The van der Waals surface area contributed by atoms with Crippen LogP contribution in [0.2, 0.25) is 0 Å². The second-order valence-corrected chi connectivity index (χ2v) is 6.66. The number of methoxy groups -OCH3 is 2. The fraction of sp³-hybridized carbons (Fsp3) is 0.294. The van der Waals surface area contributed by atoms with Crippen LogP contribution in [0.4, 0.5) is 4.79 Å². The number of amides is 3. The number of carboxylic acids is 1. The Kier molecular flexibility index (Phi) is 6.52. The van der Waals surface area contributed by atoms with E-state index in [0.29, 0.717) is 17.3 Å². The summed E-state index contributed by atoms with van der Waals surface area (Å²) in [6, 6.07) is 1.75. The second kappa shape index (κ2) is 8.65. The second-order valence-electron chi connectivity index (χ2n) is 5.67. The SMILES string of the molecule is COc1cc(/C=C2\SC(=O)N(CC(=O)NC(C)C(=O)O)C2=O)cc(OC)c1O. The first-order valence-electron chi connectivity index (χ1n) is 7.90. The molecule has 0 spiro atoms. The van der Waals surface area contributed by atoms with Crippen LogP contribution in [0, 0.1) is 0 Å². The van der Waals surface area contributed by atoms with Gasteiger partial charge in [-0.15, -0.1) is 0 Å². The Bertz CT molecular complexity index is 842. The van der Waals surface area contributed by atoms with Gasteiger partial charge in [-0.2, -0.15) is 0 Å². The largest absolute Gasteiger partial charge is 0.502 e. The number of nitrogens with one attached hydrogen (secondary N) is 1. The van der Waals surface area contributed by atoms with E-state index in [1.807, 2.05) is 0 Å². The van der Waals surface area contributed by atoms with Crippen LogP contribution in [0.3, 0.4) is 0 Å². The Morgan fingerprint density at radius 3 is 2.32 bits per heavy atom. The highest BCUT2D eigenvalue weighted by Crippen LogP contribution is 2.39.